The number of ether oxygens (including phenoxy) is 3. The van der Waals surface area contributed by atoms with Crippen LogP contribution in [0.5, 0.6) is 5.75 Å². The van der Waals surface area contributed by atoms with Crippen LogP contribution < -0.4 is 10.1 Å². The molecule has 3 aromatic rings. The first-order valence-electron chi connectivity index (χ1n) is 12.3. The van der Waals surface area contributed by atoms with Crippen LogP contribution in [0.1, 0.15) is 39.2 Å². The Morgan fingerprint density at radius 2 is 1.84 bits per heavy atom. The molecule has 8 nitrogen and oxygen atoms in total. The highest BCUT2D eigenvalue weighted by molar-refractivity contribution is 6.01. The van der Waals surface area contributed by atoms with E-state index in [2.05, 4.69) is 15.5 Å². The average molecular weight is 533 g/mol. The largest absolute Gasteiger partial charge is 0.467 e. The van der Waals surface area contributed by atoms with Crippen LogP contribution in [0.25, 0.3) is 22.0 Å². The fourth-order valence-corrected chi connectivity index (χ4v) is 4.33. The summed E-state index contributed by atoms with van der Waals surface area (Å²) in [6, 6.07) is 10.5. The van der Waals surface area contributed by atoms with Crippen LogP contribution in [0.3, 0.4) is 0 Å². The number of alkyl halides is 3. The van der Waals surface area contributed by atoms with Crippen LogP contribution in [0.15, 0.2) is 42.5 Å². The summed E-state index contributed by atoms with van der Waals surface area (Å²) in [5, 5.41) is 13.6. The van der Waals surface area contributed by atoms with E-state index in [0.717, 1.165) is 30.4 Å². The topological polar surface area (TPSA) is 85.8 Å². The SMILES string of the molecule is COCOc1cc(C(F)(F)F)ccc1-c1nnc(N[C@@H]2CCCN(C(=O)OC(C)(C)C)C2)c2ccccc12. The van der Waals surface area contributed by atoms with Gasteiger partial charge in [-0.3, -0.25) is 0 Å². The number of halogens is 3. The molecule has 2 heterocycles. The lowest BCUT2D eigenvalue weighted by Crippen LogP contribution is -2.47. The Hall–Kier alpha value is -3.60. The minimum absolute atomic E-state index is 0.0119. The van der Waals surface area contributed by atoms with Gasteiger partial charge in [-0.2, -0.15) is 13.2 Å². The molecular formula is C27H31F3N4O4. The van der Waals surface area contributed by atoms with Crippen molar-refractivity contribution >= 4 is 22.7 Å². The minimum Gasteiger partial charge on any atom is -0.467 e. The number of amides is 1. The highest BCUT2D eigenvalue weighted by Crippen LogP contribution is 2.39. The summed E-state index contributed by atoms with van der Waals surface area (Å²) in [5.74, 6) is 0.508. The van der Waals surface area contributed by atoms with Gasteiger partial charge in [0.25, 0.3) is 0 Å². The average Bonchev–Trinajstić information content (AvgIpc) is 2.86. The molecule has 0 radical (unpaired) electrons. The van der Waals surface area contributed by atoms with Gasteiger partial charge in [-0.25, -0.2) is 4.79 Å². The molecule has 0 bridgehead atoms. The molecule has 4 rings (SSSR count). The van der Waals surface area contributed by atoms with Crippen LogP contribution in [0, 0.1) is 0 Å². The van der Waals surface area contributed by atoms with Crippen molar-refractivity contribution in [3.8, 4) is 17.0 Å². The molecule has 2 aromatic carbocycles. The first-order valence-corrected chi connectivity index (χ1v) is 12.3. The Morgan fingerprint density at radius 1 is 1.11 bits per heavy atom. The van der Waals surface area contributed by atoms with Crippen molar-refractivity contribution in [2.75, 3.05) is 32.3 Å². The minimum atomic E-state index is -4.53. The van der Waals surface area contributed by atoms with Gasteiger partial charge in [0, 0.05) is 42.6 Å². The van der Waals surface area contributed by atoms with Crippen molar-refractivity contribution in [2.24, 2.45) is 0 Å². The van der Waals surface area contributed by atoms with Crippen molar-refractivity contribution in [3.05, 3.63) is 48.0 Å². The highest BCUT2D eigenvalue weighted by atomic mass is 19.4. The summed E-state index contributed by atoms with van der Waals surface area (Å²) in [5.41, 5.74) is -0.683. The number of benzene rings is 2. The first kappa shape index (κ1) is 27.4. The number of hydrogen-bond donors (Lipinski definition) is 1. The third-order valence-electron chi connectivity index (χ3n) is 6.00. The Bertz CT molecular complexity index is 1290. The lowest BCUT2D eigenvalue weighted by molar-refractivity contribution is -0.137. The Balaban J connectivity index is 1.65. The van der Waals surface area contributed by atoms with Gasteiger partial charge in [0.1, 0.15) is 17.0 Å². The highest BCUT2D eigenvalue weighted by Gasteiger charge is 2.32. The second-order valence-corrected chi connectivity index (χ2v) is 10.1. The van der Waals surface area contributed by atoms with E-state index in [4.69, 9.17) is 14.2 Å². The molecule has 0 saturated carbocycles. The van der Waals surface area contributed by atoms with E-state index >= 15 is 0 Å². The molecule has 1 atom stereocenters. The van der Waals surface area contributed by atoms with E-state index < -0.39 is 17.3 Å². The summed E-state index contributed by atoms with van der Waals surface area (Å²) < 4.78 is 56.0. The summed E-state index contributed by atoms with van der Waals surface area (Å²) in [6.07, 6.45) is -3.27. The van der Waals surface area contributed by atoms with Crippen LogP contribution in [0.2, 0.25) is 0 Å². The van der Waals surface area contributed by atoms with Crippen molar-refractivity contribution < 1.29 is 32.2 Å². The molecule has 1 N–H and O–H groups in total. The molecule has 1 aromatic heterocycles. The van der Waals surface area contributed by atoms with Crippen LogP contribution in [0.4, 0.5) is 23.8 Å². The molecule has 0 unspecified atom stereocenters. The number of nitrogens with one attached hydrogen (secondary N) is 1. The molecule has 204 valence electrons. The fourth-order valence-electron chi connectivity index (χ4n) is 4.33. The van der Waals surface area contributed by atoms with E-state index in [1.54, 1.807) is 4.90 Å². The number of anilines is 1. The number of aromatic nitrogens is 2. The van der Waals surface area contributed by atoms with E-state index in [-0.39, 0.29) is 24.7 Å². The number of likely N-dealkylation sites (tertiary alicyclic amines) is 1. The first-order chi connectivity index (χ1) is 18.0. The quantitative estimate of drug-likeness (QED) is 0.384. The predicted octanol–water partition coefficient (Wildman–Crippen LogP) is 6.11. The van der Waals surface area contributed by atoms with Gasteiger partial charge in [-0.1, -0.05) is 24.3 Å². The van der Waals surface area contributed by atoms with Gasteiger partial charge in [0.15, 0.2) is 12.6 Å². The number of nitrogens with zero attached hydrogens (tertiary/aromatic N) is 3. The second-order valence-electron chi connectivity index (χ2n) is 10.1. The number of fused-ring (bicyclic) bond motifs is 1. The van der Waals surface area contributed by atoms with Crippen LogP contribution >= 0.6 is 0 Å². The van der Waals surface area contributed by atoms with Gasteiger partial charge in [-0.15, -0.1) is 10.2 Å². The fraction of sp³-hybridized carbons (Fsp3) is 0.444. The zero-order valence-electron chi connectivity index (χ0n) is 21.8. The smallest absolute Gasteiger partial charge is 0.416 e. The standard InChI is InChI=1S/C27H31F3N4O4/c1-26(2,3)38-25(35)34-13-7-8-18(15-34)31-24-20-10-6-5-9-19(20)23(32-33-24)21-12-11-17(27(28,29)30)14-22(21)37-16-36-4/h5-6,9-12,14,18H,7-8,13,15-16H2,1-4H3,(H,31,33)/t18-/m1/s1. The number of carbonyl (C=O) groups is 1. The molecule has 0 aliphatic carbocycles. The van der Waals surface area contributed by atoms with E-state index in [1.165, 1.54) is 13.2 Å². The summed E-state index contributed by atoms with van der Waals surface area (Å²) in [7, 11) is 1.39. The third kappa shape index (κ3) is 6.45. The summed E-state index contributed by atoms with van der Waals surface area (Å²) in [6.45, 7) is 6.31. The lowest BCUT2D eigenvalue weighted by atomic mass is 10.0. The number of piperidine rings is 1. The number of rotatable bonds is 6. The van der Waals surface area contributed by atoms with Gasteiger partial charge in [-0.05, 0) is 51.8 Å². The Kier molecular flexibility index (Phi) is 7.96. The Labute approximate surface area is 219 Å². The van der Waals surface area contributed by atoms with Crippen molar-refractivity contribution in [1.82, 2.24) is 15.1 Å². The maximum Gasteiger partial charge on any atom is 0.416 e. The zero-order chi connectivity index (χ0) is 27.5. The molecule has 1 aliphatic heterocycles. The molecule has 1 fully saturated rings. The number of hydrogen-bond acceptors (Lipinski definition) is 7. The van der Waals surface area contributed by atoms with Crippen LogP contribution in [-0.4, -0.2) is 59.8 Å². The third-order valence-corrected chi connectivity index (χ3v) is 6.00. The molecule has 1 amide bonds. The van der Waals surface area contributed by atoms with E-state index in [0.29, 0.717) is 35.6 Å². The predicted molar refractivity (Wildman–Crippen MR) is 137 cm³/mol. The van der Waals surface area contributed by atoms with Crippen LogP contribution in [-0.2, 0) is 15.7 Å². The Morgan fingerprint density at radius 3 is 2.53 bits per heavy atom. The van der Waals surface area contributed by atoms with Crippen molar-refractivity contribution in [2.45, 2.75) is 51.4 Å². The zero-order valence-corrected chi connectivity index (χ0v) is 21.8. The number of carbonyl (C=O) groups excluding carboxylic acids is 1. The van der Waals surface area contributed by atoms with E-state index in [9.17, 15) is 18.0 Å². The molecule has 1 aliphatic rings. The monoisotopic (exact) mass is 532 g/mol. The molecule has 11 heteroatoms. The van der Waals surface area contributed by atoms with Gasteiger partial charge >= 0.3 is 12.3 Å². The second kappa shape index (κ2) is 11.0. The van der Waals surface area contributed by atoms with E-state index in [1.807, 2.05) is 45.0 Å². The summed E-state index contributed by atoms with van der Waals surface area (Å²) >= 11 is 0. The summed E-state index contributed by atoms with van der Waals surface area (Å²) in [4.78, 5) is 14.3. The number of methoxy groups -OCH3 is 1. The van der Waals surface area contributed by atoms with Gasteiger partial charge in [0.2, 0.25) is 0 Å². The maximum absolute atomic E-state index is 13.4. The van der Waals surface area contributed by atoms with Crippen molar-refractivity contribution in [3.63, 3.8) is 0 Å². The lowest BCUT2D eigenvalue weighted by Gasteiger charge is -2.34. The molecule has 1 saturated heterocycles. The van der Waals surface area contributed by atoms with Gasteiger partial charge < -0.3 is 24.4 Å². The van der Waals surface area contributed by atoms with Crippen molar-refractivity contribution in [1.29, 1.82) is 0 Å². The maximum atomic E-state index is 13.4. The normalized spacial score (nSPS) is 16.4. The molecule has 0 spiro atoms. The molecular weight excluding hydrogens is 501 g/mol. The molecule has 38 heavy (non-hydrogen) atoms. The van der Waals surface area contributed by atoms with Gasteiger partial charge in [0.05, 0.1) is 5.56 Å².